The first-order chi connectivity index (χ1) is 10.2. The molecule has 4 heteroatoms. The van der Waals surface area contributed by atoms with Gasteiger partial charge in [-0.05, 0) is 38.9 Å². The lowest BCUT2D eigenvalue weighted by atomic mass is 9.94. The van der Waals surface area contributed by atoms with Crippen molar-refractivity contribution < 1.29 is 0 Å². The number of hydrogen-bond acceptors (Lipinski definition) is 3. The number of aromatic nitrogens is 2. The van der Waals surface area contributed by atoms with Crippen molar-refractivity contribution >= 4 is 10.9 Å². The molecular weight excluding hydrogens is 260 g/mol. The minimum Gasteiger partial charge on any atom is -0.308 e. The summed E-state index contributed by atoms with van der Waals surface area (Å²) < 4.78 is 2.10. The lowest BCUT2D eigenvalue weighted by Gasteiger charge is -2.35. The van der Waals surface area contributed by atoms with Crippen molar-refractivity contribution in [2.24, 2.45) is 5.92 Å². The van der Waals surface area contributed by atoms with Crippen molar-refractivity contribution in [2.75, 3.05) is 20.1 Å². The van der Waals surface area contributed by atoms with Crippen LogP contribution in [0.5, 0.6) is 0 Å². The van der Waals surface area contributed by atoms with Crippen LogP contribution < -0.4 is 5.32 Å². The molecule has 4 nitrogen and oxygen atoms in total. The molecule has 0 saturated carbocycles. The summed E-state index contributed by atoms with van der Waals surface area (Å²) in [6.45, 7) is 8.65. The van der Waals surface area contributed by atoms with Crippen LogP contribution in [-0.4, -0.2) is 40.9 Å². The van der Waals surface area contributed by atoms with Crippen molar-refractivity contribution in [1.29, 1.82) is 0 Å². The van der Waals surface area contributed by atoms with Gasteiger partial charge in [-0.25, -0.2) is 0 Å². The van der Waals surface area contributed by atoms with Gasteiger partial charge < -0.3 is 10.2 Å². The molecule has 2 heterocycles. The van der Waals surface area contributed by atoms with Gasteiger partial charge in [0.1, 0.15) is 0 Å². The molecule has 0 radical (unpaired) electrons. The first-order valence-corrected chi connectivity index (χ1v) is 8.05. The van der Waals surface area contributed by atoms with E-state index >= 15 is 0 Å². The summed E-state index contributed by atoms with van der Waals surface area (Å²) in [5.74, 6) is 0.697. The molecule has 1 aromatic carbocycles. The Labute approximate surface area is 127 Å². The SMILES string of the molecule is CCn1nc(CNC2CCN(C)CC2C)c2ccccc21. The summed E-state index contributed by atoms with van der Waals surface area (Å²) in [4.78, 5) is 2.42. The third kappa shape index (κ3) is 2.97. The van der Waals surface area contributed by atoms with E-state index in [1.165, 1.54) is 36.1 Å². The maximum atomic E-state index is 4.78. The molecule has 0 bridgehead atoms. The topological polar surface area (TPSA) is 33.1 Å². The van der Waals surface area contributed by atoms with E-state index in [-0.39, 0.29) is 0 Å². The summed E-state index contributed by atoms with van der Waals surface area (Å²) in [5, 5.41) is 9.80. The Morgan fingerprint density at radius 1 is 1.33 bits per heavy atom. The monoisotopic (exact) mass is 286 g/mol. The molecule has 2 aromatic rings. The van der Waals surface area contributed by atoms with Crippen molar-refractivity contribution in [2.45, 2.75) is 39.4 Å². The van der Waals surface area contributed by atoms with Crippen LogP contribution in [0.2, 0.25) is 0 Å². The Morgan fingerprint density at radius 2 is 2.14 bits per heavy atom. The Balaban J connectivity index is 1.73. The molecular formula is C17H26N4. The predicted octanol–water partition coefficient (Wildman–Crippen LogP) is 2.49. The fourth-order valence-corrected chi connectivity index (χ4v) is 3.45. The van der Waals surface area contributed by atoms with Crippen LogP contribution in [0.15, 0.2) is 24.3 Å². The van der Waals surface area contributed by atoms with Gasteiger partial charge in [0, 0.05) is 31.1 Å². The highest BCUT2D eigenvalue weighted by Crippen LogP contribution is 2.20. The number of likely N-dealkylation sites (tertiary alicyclic amines) is 1. The number of fused-ring (bicyclic) bond motifs is 1. The van der Waals surface area contributed by atoms with Gasteiger partial charge in [0.15, 0.2) is 0 Å². The zero-order valence-electron chi connectivity index (χ0n) is 13.3. The molecule has 0 aliphatic carbocycles. The van der Waals surface area contributed by atoms with Crippen LogP contribution >= 0.6 is 0 Å². The average molecular weight is 286 g/mol. The summed E-state index contributed by atoms with van der Waals surface area (Å²) in [7, 11) is 2.21. The van der Waals surface area contributed by atoms with Gasteiger partial charge in [-0.2, -0.15) is 5.10 Å². The molecule has 1 fully saturated rings. The molecule has 1 saturated heterocycles. The fraction of sp³-hybridized carbons (Fsp3) is 0.588. The van der Waals surface area contributed by atoms with Crippen molar-refractivity contribution in [3.63, 3.8) is 0 Å². The average Bonchev–Trinajstić information content (AvgIpc) is 2.85. The quantitative estimate of drug-likeness (QED) is 0.937. The van der Waals surface area contributed by atoms with Crippen LogP contribution in [-0.2, 0) is 13.1 Å². The van der Waals surface area contributed by atoms with Crippen molar-refractivity contribution in [3.8, 4) is 0 Å². The maximum absolute atomic E-state index is 4.78. The number of nitrogens with zero attached hydrogens (tertiary/aromatic N) is 3. The first kappa shape index (κ1) is 14.5. The van der Waals surface area contributed by atoms with Crippen molar-refractivity contribution in [1.82, 2.24) is 20.0 Å². The van der Waals surface area contributed by atoms with Crippen LogP contribution in [0.4, 0.5) is 0 Å². The molecule has 3 rings (SSSR count). The minimum absolute atomic E-state index is 0.603. The van der Waals surface area contributed by atoms with Crippen molar-refractivity contribution in [3.05, 3.63) is 30.0 Å². The second-order valence-electron chi connectivity index (χ2n) is 6.30. The highest BCUT2D eigenvalue weighted by atomic mass is 15.3. The van der Waals surface area contributed by atoms with Crippen LogP contribution in [0.3, 0.4) is 0 Å². The summed E-state index contributed by atoms with van der Waals surface area (Å²) in [6, 6.07) is 9.14. The third-order valence-corrected chi connectivity index (χ3v) is 4.67. The van der Waals surface area contributed by atoms with Gasteiger partial charge in [0.25, 0.3) is 0 Å². The summed E-state index contributed by atoms with van der Waals surface area (Å²) in [6.07, 6.45) is 1.23. The van der Waals surface area contributed by atoms with Gasteiger partial charge >= 0.3 is 0 Å². The molecule has 2 unspecified atom stereocenters. The molecule has 114 valence electrons. The number of hydrogen-bond donors (Lipinski definition) is 1. The predicted molar refractivity (Wildman–Crippen MR) is 87.3 cm³/mol. The van der Waals surface area contributed by atoms with E-state index in [9.17, 15) is 0 Å². The number of aryl methyl sites for hydroxylation is 1. The molecule has 1 aliphatic heterocycles. The lowest BCUT2D eigenvalue weighted by Crippen LogP contribution is -2.46. The Hall–Kier alpha value is -1.39. The summed E-state index contributed by atoms with van der Waals surface area (Å²) >= 11 is 0. The summed E-state index contributed by atoms with van der Waals surface area (Å²) in [5.41, 5.74) is 2.42. The maximum Gasteiger partial charge on any atom is 0.0841 e. The second kappa shape index (κ2) is 6.16. The molecule has 1 aliphatic rings. The van der Waals surface area contributed by atoms with Gasteiger partial charge in [-0.3, -0.25) is 4.68 Å². The third-order valence-electron chi connectivity index (χ3n) is 4.67. The van der Waals surface area contributed by atoms with E-state index in [4.69, 9.17) is 5.10 Å². The smallest absolute Gasteiger partial charge is 0.0841 e. The van der Waals surface area contributed by atoms with E-state index in [1.807, 2.05) is 0 Å². The molecule has 0 amide bonds. The van der Waals surface area contributed by atoms with Gasteiger partial charge in [0.2, 0.25) is 0 Å². The zero-order chi connectivity index (χ0) is 14.8. The Kier molecular flexibility index (Phi) is 4.27. The Morgan fingerprint density at radius 3 is 2.90 bits per heavy atom. The van der Waals surface area contributed by atoms with E-state index in [1.54, 1.807) is 0 Å². The number of nitrogens with one attached hydrogen (secondary N) is 1. The minimum atomic E-state index is 0.603. The van der Waals surface area contributed by atoms with Gasteiger partial charge in [-0.1, -0.05) is 25.1 Å². The standard InChI is InChI=1S/C17H26N4/c1-4-21-17-8-6-5-7-14(17)16(19-21)11-18-15-9-10-20(3)12-13(15)2/h5-8,13,15,18H,4,9-12H2,1-3H3. The van der Waals surface area contributed by atoms with E-state index in [0.717, 1.165) is 13.1 Å². The normalized spacial score (nSPS) is 23.8. The van der Waals surface area contributed by atoms with Crippen LogP contribution in [0.25, 0.3) is 10.9 Å². The van der Waals surface area contributed by atoms with Gasteiger partial charge in [0.05, 0.1) is 11.2 Å². The number of rotatable bonds is 4. The molecule has 1 aromatic heterocycles. The molecule has 21 heavy (non-hydrogen) atoms. The first-order valence-electron chi connectivity index (χ1n) is 8.05. The largest absolute Gasteiger partial charge is 0.308 e. The van der Waals surface area contributed by atoms with E-state index in [2.05, 4.69) is 60.1 Å². The number of benzene rings is 1. The van der Waals surface area contributed by atoms with E-state index in [0.29, 0.717) is 12.0 Å². The number of para-hydroxylation sites is 1. The fourth-order valence-electron chi connectivity index (χ4n) is 3.45. The number of piperidine rings is 1. The van der Waals surface area contributed by atoms with Crippen LogP contribution in [0.1, 0.15) is 26.0 Å². The zero-order valence-corrected chi connectivity index (χ0v) is 13.3. The molecule has 0 spiro atoms. The van der Waals surface area contributed by atoms with Gasteiger partial charge in [-0.15, -0.1) is 0 Å². The molecule has 2 atom stereocenters. The highest BCUT2D eigenvalue weighted by Gasteiger charge is 2.24. The molecule has 1 N–H and O–H groups in total. The highest BCUT2D eigenvalue weighted by molar-refractivity contribution is 5.81. The Bertz CT molecular complexity index is 604. The van der Waals surface area contributed by atoms with Crippen LogP contribution in [0, 0.1) is 5.92 Å². The second-order valence-corrected chi connectivity index (χ2v) is 6.30. The lowest BCUT2D eigenvalue weighted by molar-refractivity contribution is 0.174. The van der Waals surface area contributed by atoms with E-state index < -0.39 is 0 Å².